The van der Waals surface area contributed by atoms with Gasteiger partial charge in [-0.1, -0.05) is 12.1 Å². The lowest BCUT2D eigenvalue weighted by molar-refractivity contribution is 0.0689. The van der Waals surface area contributed by atoms with Gasteiger partial charge >= 0.3 is 0 Å². The third-order valence-electron chi connectivity index (χ3n) is 5.27. The summed E-state index contributed by atoms with van der Waals surface area (Å²) in [6.07, 6.45) is 5.65. The highest BCUT2D eigenvalue weighted by Crippen LogP contribution is 2.31. The Bertz CT molecular complexity index is 714. The van der Waals surface area contributed by atoms with Crippen LogP contribution in [-0.2, 0) is 11.3 Å². The van der Waals surface area contributed by atoms with E-state index in [1.165, 1.54) is 43.5 Å². The molecule has 0 spiro atoms. The van der Waals surface area contributed by atoms with Crippen LogP contribution in [0.4, 0.5) is 0 Å². The maximum absolute atomic E-state index is 5.88. The normalized spacial score (nSPS) is 20.5. The number of nitrogens with zero attached hydrogens (tertiary/aromatic N) is 3. The SMILES string of the molecule is Cc1cc(C)n(-c2cccc(CN(CC3CC3)CC3CCCO3)c2)n1. The van der Waals surface area contributed by atoms with Crippen molar-refractivity contribution in [2.45, 2.75) is 52.2 Å². The number of aryl methyl sites for hydroxylation is 2. The molecule has 1 saturated heterocycles. The first kappa shape index (κ1) is 16.8. The van der Waals surface area contributed by atoms with Gasteiger partial charge in [-0.3, -0.25) is 4.90 Å². The van der Waals surface area contributed by atoms with Gasteiger partial charge in [0.05, 0.1) is 17.5 Å². The van der Waals surface area contributed by atoms with E-state index in [4.69, 9.17) is 4.74 Å². The first-order valence-corrected chi connectivity index (χ1v) is 9.64. The molecule has 0 radical (unpaired) electrons. The largest absolute Gasteiger partial charge is 0.377 e. The molecule has 1 atom stereocenters. The smallest absolute Gasteiger partial charge is 0.0702 e. The molecule has 2 aliphatic rings. The molecule has 0 amide bonds. The summed E-state index contributed by atoms with van der Waals surface area (Å²) in [6, 6.07) is 11.0. The van der Waals surface area contributed by atoms with Crippen molar-refractivity contribution >= 4 is 0 Å². The van der Waals surface area contributed by atoms with Gasteiger partial charge in [-0.15, -0.1) is 0 Å². The first-order valence-electron chi connectivity index (χ1n) is 9.64. The lowest BCUT2D eigenvalue weighted by Gasteiger charge is -2.25. The van der Waals surface area contributed by atoms with Crippen LogP contribution in [0.1, 0.15) is 42.6 Å². The Balaban J connectivity index is 1.49. The van der Waals surface area contributed by atoms with Crippen LogP contribution < -0.4 is 0 Å². The number of rotatable bonds is 7. The lowest BCUT2D eigenvalue weighted by atomic mass is 10.1. The van der Waals surface area contributed by atoms with E-state index in [0.717, 1.165) is 37.0 Å². The summed E-state index contributed by atoms with van der Waals surface area (Å²) in [7, 11) is 0. The van der Waals surface area contributed by atoms with Gasteiger partial charge in [0, 0.05) is 31.9 Å². The summed E-state index contributed by atoms with van der Waals surface area (Å²) < 4.78 is 7.92. The molecular weight excluding hydrogens is 310 g/mol. The minimum atomic E-state index is 0.429. The Hall–Kier alpha value is -1.65. The summed E-state index contributed by atoms with van der Waals surface area (Å²) in [5.74, 6) is 0.903. The summed E-state index contributed by atoms with van der Waals surface area (Å²) in [5, 5.41) is 4.63. The van der Waals surface area contributed by atoms with E-state index in [9.17, 15) is 0 Å². The fourth-order valence-corrected chi connectivity index (χ4v) is 3.88. The van der Waals surface area contributed by atoms with Crippen LogP contribution in [0.25, 0.3) is 5.69 Å². The summed E-state index contributed by atoms with van der Waals surface area (Å²) in [4.78, 5) is 2.61. The molecule has 2 aromatic rings. The fraction of sp³-hybridized carbons (Fsp3) is 0.571. The Kier molecular flexibility index (Phi) is 4.91. The van der Waals surface area contributed by atoms with Crippen molar-refractivity contribution in [3.63, 3.8) is 0 Å². The maximum Gasteiger partial charge on any atom is 0.0702 e. The summed E-state index contributed by atoms with van der Waals surface area (Å²) >= 11 is 0. The number of hydrogen-bond donors (Lipinski definition) is 0. The van der Waals surface area contributed by atoms with E-state index in [0.29, 0.717) is 6.10 Å². The molecular formula is C21H29N3O. The Morgan fingerprint density at radius 2 is 2.04 bits per heavy atom. The van der Waals surface area contributed by atoms with Crippen molar-refractivity contribution in [2.24, 2.45) is 5.92 Å². The van der Waals surface area contributed by atoms with Gasteiger partial charge in [0.25, 0.3) is 0 Å². The van der Waals surface area contributed by atoms with Gasteiger partial charge in [-0.05, 0) is 69.2 Å². The van der Waals surface area contributed by atoms with Crippen molar-refractivity contribution in [3.05, 3.63) is 47.3 Å². The third-order valence-corrected chi connectivity index (χ3v) is 5.27. The average molecular weight is 339 g/mol. The summed E-state index contributed by atoms with van der Waals surface area (Å²) in [5.41, 5.74) is 4.77. The second-order valence-corrected chi connectivity index (χ2v) is 7.78. The van der Waals surface area contributed by atoms with Crippen molar-refractivity contribution in [1.82, 2.24) is 14.7 Å². The molecule has 25 heavy (non-hydrogen) atoms. The van der Waals surface area contributed by atoms with Gasteiger partial charge in [0.1, 0.15) is 0 Å². The fourth-order valence-electron chi connectivity index (χ4n) is 3.88. The predicted octanol–water partition coefficient (Wildman–Crippen LogP) is 3.88. The van der Waals surface area contributed by atoms with Gasteiger partial charge < -0.3 is 4.74 Å². The number of hydrogen-bond acceptors (Lipinski definition) is 3. The van der Waals surface area contributed by atoms with Crippen molar-refractivity contribution in [1.29, 1.82) is 0 Å². The Labute approximate surface area is 150 Å². The maximum atomic E-state index is 5.88. The highest BCUT2D eigenvalue weighted by Gasteiger charge is 2.27. The van der Waals surface area contributed by atoms with E-state index in [1.807, 2.05) is 11.6 Å². The van der Waals surface area contributed by atoms with Gasteiger partial charge in [0.2, 0.25) is 0 Å². The second-order valence-electron chi connectivity index (χ2n) is 7.78. The molecule has 4 heteroatoms. The van der Waals surface area contributed by atoms with Crippen LogP contribution in [0.5, 0.6) is 0 Å². The molecule has 1 aliphatic heterocycles. The van der Waals surface area contributed by atoms with E-state index >= 15 is 0 Å². The molecule has 0 N–H and O–H groups in total. The Morgan fingerprint density at radius 1 is 1.16 bits per heavy atom. The third kappa shape index (κ3) is 4.31. The zero-order valence-corrected chi connectivity index (χ0v) is 15.4. The zero-order valence-electron chi connectivity index (χ0n) is 15.4. The molecule has 2 fully saturated rings. The van der Waals surface area contributed by atoms with Crippen molar-refractivity contribution in [2.75, 3.05) is 19.7 Å². The standard InChI is InChI=1S/C21H29N3O/c1-16-11-17(2)24(22-16)20-6-3-5-19(12-20)14-23(13-18-8-9-18)15-21-7-4-10-25-21/h3,5-6,11-12,18,21H,4,7-10,13-15H2,1-2H3. The van der Waals surface area contributed by atoms with Crippen LogP contribution in [0.3, 0.4) is 0 Å². The van der Waals surface area contributed by atoms with Crippen molar-refractivity contribution < 1.29 is 4.74 Å². The predicted molar refractivity (Wildman–Crippen MR) is 100 cm³/mol. The average Bonchev–Trinajstić information content (AvgIpc) is 3.11. The van der Waals surface area contributed by atoms with E-state index in [-0.39, 0.29) is 0 Å². The molecule has 1 unspecified atom stereocenters. The lowest BCUT2D eigenvalue weighted by Crippen LogP contribution is -2.33. The Morgan fingerprint density at radius 3 is 2.72 bits per heavy atom. The quantitative estimate of drug-likeness (QED) is 0.767. The zero-order chi connectivity index (χ0) is 17.2. The van der Waals surface area contributed by atoms with Gasteiger partial charge in [-0.25, -0.2) is 4.68 Å². The molecule has 1 saturated carbocycles. The monoisotopic (exact) mass is 339 g/mol. The minimum Gasteiger partial charge on any atom is -0.377 e. The molecule has 134 valence electrons. The van der Waals surface area contributed by atoms with Crippen LogP contribution in [0.15, 0.2) is 30.3 Å². The number of benzene rings is 1. The van der Waals surface area contributed by atoms with E-state index < -0.39 is 0 Å². The van der Waals surface area contributed by atoms with E-state index in [2.05, 4.69) is 47.3 Å². The molecule has 2 heterocycles. The molecule has 4 nitrogen and oxygen atoms in total. The minimum absolute atomic E-state index is 0.429. The van der Waals surface area contributed by atoms with Gasteiger partial charge in [-0.2, -0.15) is 5.10 Å². The van der Waals surface area contributed by atoms with Crippen LogP contribution in [0, 0.1) is 19.8 Å². The van der Waals surface area contributed by atoms with E-state index in [1.54, 1.807) is 0 Å². The van der Waals surface area contributed by atoms with Crippen LogP contribution in [-0.4, -0.2) is 40.5 Å². The number of ether oxygens (including phenoxy) is 1. The van der Waals surface area contributed by atoms with Gasteiger partial charge in [0.15, 0.2) is 0 Å². The summed E-state index contributed by atoms with van der Waals surface area (Å²) in [6.45, 7) is 8.39. The first-order chi connectivity index (χ1) is 12.2. The molecule has 1 aromatic carbocycles. The number of aromatic nitrogens is 2. The highest BCUT2D eigenvalue weighted by molar-refractivity contribution is 5.37. The molecule has 1 aliphatic carbocycles. The van der Waals surface area contributed by atoms with Crippen molar-refractivity contribution in [3.8, 4) is 5.69 Å². The molecule has 1 aromatic heterocycles. The van der Waals surface area contributed by atoms with Crippen LogP contribution >= 0.6 is 0 Å². The van der Waals surface area contributed by atoms with Crippen LogP contribution in [0.2, 0.25) is 0 Å². The molecule has 0 bridgehead atoms. The topological polar surface area (TPSA) is 30.3 Å². The molecule has 4 rings (SSSR count). The highest BCUT2D eigenvalue weighted by atomic mass is 16.5. The second kappa shape index (κ2) is 7.30.